The molecule has 19 heavy (non-hydrogen) atoms. The molecule has 0 heterocycles. The summed E-state index contributed by atoms with van der Waals surface area (Å²) in [4.78, 5) is 12.3. The lowest BCUT2D eigenvalue weighted by atomic mass is 9.98. The van der Waals surface area contributed by atoms with E-state index >= 15 is 0 Å². The molecule has 0 spiro atoms. The molecule has 0 aromatic heterocycles. The third-order valence-corrected chi connectivity index (χ3v) is 5.38. The van der Waals surface area contributed by atoms with Crippen molar-refractivity contribution in [3.63, 3.8) is 0 Å². The van der Waals surface area contributed by atoms with E-state index in [1.165, 1.54) is 0 Å². The molecule has 2 atom stereocenters. The second-order valence-corrected chi connectivity index (χ2v) is 7.04. The van der Waals surface area contributed by atoms with E-state index in [-0.39, 0.29) is 5.78 Å². The second-order valence-electron chi connectivity index (χ2n) is 4.18. The first kappa shape index (κ1) is 14.7. The predicted molar refractivity (Wildman–Crippen MR) is 84.4 cm³/mol. The summed E-state index contributed by atoms with van der Waals surface area (Å²) in [6.45, 7) is 2.03. The van der Waals surface area contributed by atoms with Crippen LogP contribution in [0.15, 0.2) is 54.1 Å². The van der Waals surface area contributed by atoms with E-state index in [0.29, 0.717) is 11.1 Å². The zero-order valence-corrected chi connectivity index (χ0v) is 12.8. The molecule has 1 aliphatic carbocycles. The number of carbonyl (C=O) groups excluding carboxylic acids is 1. The first-order valence-electron chi connectivity index (χ1n) is 6.04. The molecule has 2 unspecified atom stereocenters. The van der Waals surface area contributed by atoms with Gasteiger partial charge in [-0.25, -0.2) is 0 Å². The van der Waals surface area contributed by atoms with Crippen LogP contribution < -0.4 is 0 Å². The van der Waals surface area contributed by atoms with Crippen molar-refractivity contribution in [3.8, 4) is 0 Å². The van der Waals surface area contributed by atoms with Crippen molar-refractivity contribution in [2.75, 3.05) is 5.75 Å². The Labute approximate surface area is 127 Å². The lowest BCUT2D eigenvalue weighted by molar-refractivity contribution is 0.103. The van der Waals surface area contributed by atoms with Crippen LogP contribution in [0.25, 0.3) is 0 Å². The third-order valence-electron chi connectivity index (χ3n) is 2.86. The van der Waals surface area contributed by atoms with Crippen molar-refractivity contribution in [1.82, 2.24) is 0 Å². The fourth-order valence-corrected chi connectivity index (χ4v) is 3.56. The first-order valence-corrected chi connectivity index (χ1v) is 7.84. The molecule has 2 rings (SSSR count). The number of allylic oxidation sites excluding steroid dienone is 3. The molecule has 0 bridgehead atoms. The Balaban J connectivity index is 2.21. The fourth-order valence-electron chi connectivity index (χ4n) is 1.88. The Kier molecular flexibility index (Phi) is 4.77. The minimum absolute atomic E-state index is 0.0253. The highest BCUT2D eigenvalue weighted by atomic mass is 35.5. The van der Waals surface area contributed by atoms with Gasteiger partial charge in [-0.2, -0.15) is 0 Å². The molecule has 0 radical (unpaired) electrons. The quantitative estimate of drug-likeness (QED) is 0.594. The molecule has 1 nitrogen and oxygen atoms in total. The van der Waals surface area contributed by atoms with Crippen molar-refractivity contribution >= 4 is 40.7 Å². The Morgan fingerprint density at radius 1 is 1.37 bits per heavy atom. The average Bonchev–Trinajstić information content (AvgIpc) is 2.43. The summed E-state index contributed by atoms with van der Waals surface area (Å²) in [7, 11) is 0. The SMILES string of the molecule is CCSC1(Cl)C=CC(C(=O)c2ccccc2)=CC1Cl. The Morgan fingerprint density at radius 3 is 2.63 bits per heavy atom. The van der Waals surface area contributed by atoms with E-state index in [2.05, 4.69) is 0 Å². The van der Waals surface area contributed by atoms with Crippen LogP contribution in [0.4, 0.5) is 0 Å². The van der Waals surface area contributed by atoms with Crippen molar-refractivity contribution in [2.45, 2.75) is 16.5 Å². The summed E-state index contributed by atoms with van der Waals surface area (Å²) in [6, 6.07) is 9.16. The molecular formula is C15H14Cl2OS. The van der Waals surface area contributed by atoms with Gasteiger partial charge in [-0.3, -0.25) is 4.79 Å². The first-order chi connectivity index (χ1) is 9.07. The number of carbonyl (C=O) groups is 1. The summed E-state index contributed by atoms with van der Waals surface area (Å²) in [5.74, 6) is 0.843. The van der Waals surface area contributed by atoms with Gasteiger partial charge in [0.25, 0.3) is 0 Å². The Bertz CT molecular complexity index is 524. The standard InChI is InChI=1S/C15H14Cl2OS/c1-2-19-15(17)9-8-12(10-13(15)16)14(18)11-6-4-3-5-7-11/h3-10,13H,2H2,1H3. The van der Waals surface area contributed by atoms with E-state index in [1.54, 1.807) is 36.0 Å². The molecule has 0 fully saturated rings. The molecule has 0 amide bonds. The monoisotopic (exact) mass is 312 g/mol. The van der Waals surface area contributed by atoms with E-state index in [0.717, 1.165) is 5.75 Å². The molecule has 100 valence electrons. The number of hydrogen-bond donors (Lipinski definition) is 0. The molecule has 0 saturated heterocycles. The minimum atomic E-state index is -0.656. The van der Waals surface area contributed by atoms with Crippen molar-refractivity contribution in [2.24, 2.45) is 0 Å². The highest BCUT2D eigenvalue weighted by Gasteiger charge is 2.35. The lowest BCUT2D eigenvalue weighted by Crippen LogP contribution is -2.29. The van der Waals surface area contributed by atoms with Crippen LogP contribution in [0.5, 0.6) is 0 Å². The van der Waals surface area contributed by atoms with Crippen LogP contribution in [0, 0.1) is 0 Å². The molecular weight excluding hydrogens is 299 g/mol. The van der Waals surface area contributed by atoms with E-state index in [4.69, 9.17) is 23.2 Å². The van der Waals surface area contributed by atoms with Crippen molar-refractivity contribution in [1.29, 1.82) is 0 Å². The van der Waals surface area contributed by atoms with Crippen LogP contribution in [0.1, 0.15) is 17.3 Å². The van der Waals surface area contributed by atoms with Gasteiger partial charge in [0.05, 0.1) is 5.38 Å². The van der Waals surface area contributed by atoms with Gasteiger partial charge in [0.15, 0.2) is 5.78 Å². The Morgan fingerprint density at radius 2 is 2.05 bits per heavy atom. The molecule has 1 aromatic carbocycles. The number of hydrogen-bond acceptors (Lipinski definition) is 2. The molecule has 0 aliphatic heterocycles. The highest BCUT2D eigenvalue weighted by molar-refractivity contribution is 8.02. The summed E-state index contributed by atoms with van der Waals surface area (Å²) >= 11 is 14.3. The normalized spacial score (nSPS) is 26.1. The van der Waals surface area contributed by atoms with Crippen LogP contribution in [-0.4, -0.2) is 21.1 Å². The summed E-state index contributed by atoms with van der Waals surface area (Å²) in [6.07, 6.45) is 5.33. The number of alkyl halides is 2. The minimum Gasteiger partial charge on any atom is -0.289 e. The lowest BCUT2D eigenvalue weighted by Gasteiger charge is -2.29. The number of rotatable bonds is 4. The topological polar surface area (TPSA) is 17.1 Å². The maximum atomic E-state index is 12.3. The van der Waals surface area contributed by atoms with E-state index in [9.17, 15) is 4.79 Å². The van der Waals surface area contributed by atoms with Gasteiger partial charge in [-0.05, 0) is 5.75 Å². The molecule has 0 saturated carbocycles. The van der Waals surface area contributed by atoms with Crippen LogP contribution >= 0.6 is 35.0 Å². The number of halogens is 2. The number of thioether (sulfide) groups is 1. The van der Waals surface area contributed by atoms with E-state index in [1.807, 2.05) is 31.2 Å². The van der Waals surface area contributed by atoms with Crippen LogP contribution in [-0.2, 0) is 0 Å². The predicted octanol–water partition coefficient (Wildman–Crippen LogP) is 4.66. The van der Waals surface area contributed by atoms with E-state index < -0.39 is 9.58 Å². The smallest absolute Gasteiger partial charge is 0.192 e. The summed E-state index contributed by atoms with van der Waals surface area (Å²) < 4.78 is -0.656. The molecule has 1 aliphatic rings. The zero-order chi connectivity index (χ0) is 13.9. The number of ketones is 1. The maximum Gasteiger partial charge on any atom is 0.192 e. The Hall–Kier alpha value is -0.700. The fraction of sp³-hybridized carbons (Fsp3) is 0.267. The summed E-state index contributed by atoms with van der Waals surface area (Å²) in [5, 5.41) is -0.397. The van der Waals surface area contributed by atoms with Gasteiger partial charge in [-0.1, -0.05) is 55.5 Å². The highest BCUT2D eigenvalue weighted by Crippen LogP contribution is 2.41. The molecule has 0 N–H and O–H groups in total. The zero-order valence-electron chi connectivity index (χ0n) is 10.5. The van der Waals surface area contributed by atoms with Gasteiger partial charge < -0.3 is 0 Å². The van der Waals surface area contributed by atoms with Gasteiger partial charge in [0.1, 0.15) is 4.21 Å². The van der Waals surface area contributed by atoms with Gasteiger partial charge in [0, 0.05) is 11.1 Å². The maximum absolute atomic E-state index is 12.3. The van der Waals surface area contributed by atoms with Crippen LogP contribution in [0.2, 0.25) is 0 Å². The second kappa shape index (κ2) is 6.17. The van der Waals surface area contributed by atoms with Gasteiger partial charge in [-0.15, -0.1) is 35.0 Å². The largest absolute Gasteiger partial charge is 0.289 e. The molecule has 4 heteroatoms. The number of Topliss-reactive ketones (excluding diaryl/α,β-unsaturated/α-hetero) is 1. The van der Waals surface area contributed by atoms with Gasteiger partial charge in [0.2, 0.25) is 0 Å². The summed E-state index contributed by atoms with van der Waals surface area (Å²) in [5.41, 5.74) is 1.26. The molecule has 1 aromatic rings. The van der Waals surface area contributed by atoms with Crippen molar-refractivity contribution < 1.29 is 4.79 Å². The average molecular weight is 313 g/mol. The third kappa shape index (κ3) is 3.25. The van der Waals surface area contributed by atoms with Crippen LogP contribution in [0.3, 0.4) is 0 Å². The van der Waals surface area contributed by atoms with Gasteiger partial charge >= 0.3 is 0 Å². The van der Waals surface area contributed by atoms with Crippen molar-refractivity contribution in [3.05, 3.63) is 59.7 Å². The number of benzene rings is 1.